The van der Waals surface area contributed by atoms with Crippen molar-refractivity contribution in [2.24, 2.45) is 0 Å². The highest BCUT2D eigenvalue weighted by Gasteiger charge is 2.52. The number of rotatable bonds is 3. The van der Waals surface area contributed by atoms with Crippen molar-refractivity contribution in [2.45, 2.75) is 52.2 Å². The minimum Gasteiger partial charge on any atom is -0.399 e. The van der Waals surface area contributed by atoms with Crippen molar-refractivity contribution in [3.05, 3.63) is 34.9 Å². The zero-order valence-corrected chi connectivity index (χ0v) is 13.6. The van der Waals surface area contributed by atoms with Gasteiger partial charge in [0.05, 0.1) is 11.2 Å². The zero-order valence-electron chi connectivity index (χ0n) is 12.9. The second-order valence-corrected chi connectivity index (χ2v) is 6.59. The van der Waals surface area contributed by atoms with Crippen LogP contribution in [0, 0.1) is 0 Å². The summed E-state index contributed by atoms with van der Waals surface area (Å²) < 4.78 is 12.1. The SMILES string of the molecule is CC/C=C/c1ccc(B2OC(C)(C)C(C)(C)O2)c(Cl)c1. The fourth-order valence-electron chi connectivity index (χ4n) is 2.06. The number of benzene rings is 1. The van der Waals surface area contributed by atoms with Crippen LogP contribution in [0.4, 0.5) is 0 Å². The summed E-state index contributed by atoms with van der Waals surface area (Å²) in [6.45, 7) is 10.3. The van der Waals surface area contributed by atoms with Gasteiger partial charge in [-0.3, -0.25) is 0 Å². The molecule has 1 heterocycles. The van der Waals surface area contributed by atoms with Crippen LogP contribution in [-0.2, 0) is 9.31 Å². The molecule has 0 bridgehead atoms. The molecule has 0 unspecified atom stereocenters. The zero-order chi connectivity index (χ0) is 15.0. The van der Waals surface area contributed by atoms with Gasteiger partial charge in [0, 0.05) is 10.5 Å². The van der Waals surface area contributed by atoms with Gasteiger partial charge in [-0.05, 0) is 45.7 Å². The Kier molecular flexibility index (Phi) is 4.34. The molecule has 0 N–H and O–H groups in total. The predicted octanol–water partition coefficient (Wildman–Crippen LogP) is 4.06. The van der Waals surface area contributed by atoms with Crippen LogP contribution in [-0.4, -0.2) is 18.3 Å². The first-order valence-electron chi connectivity index (χ1n) is 7.08. The Morgan fingerprint density at radius 3 is 2.25 bits per heavy atom. The lowest BCUT2D eigenvalue weighted by Crippen LogP contribution is -2.41. The molecule has 4 heteroatoms. The Bertz CT molecular complexity index is 507. The van der Waals surface area contributed by atoms with Gasteiger partial charge in [0.2, 0.25) is 0 Å². The van der Waals surface area contributed by atoms with Crippen molar-refractivity contribution in [1.82, 2.24) is 0 Å². The van der Waals surface area contributed by atoms with Gasteiger partial charge >= 0.3 is 7.12 Å². The molecule has 108 valence electrons. The van der Waals surface area contributed by atoms with E-state index < -0.39 is 7.12 Å². The molecule has 0 radical (unpaired) electrons. The Balaban J connectivity index is 2.25. The van der Waals surface area contributed by atoms with E-state index in [-0.39, 0.29) is 11.2 Å². The summed E-state index contributed by atoms with van der Waals surface area (Å²) in [5, 5.41) is 0.682. The fraction of sp³-hybridized carbons (Fsp3) is 0.500. The molecule has 0 saturated carbocycles. The van der Waals surface area contributed by atoms with Gasteiger partial charge in [-0.2, -0.15) is 0 Å². The third-order valence-corrected chi connectivity index (χ3v) is 4.41. The van der Waals surface area contributed by atoms with Crippen LogP contribution in [0.25, 0.3) is 6.08 Å². The predicted molar refractivity (Wildman–Crippen MR) is 86.5 cm³/mol. The average molecular weight is 293 g/mol. The molecule has 1 fully saturated rings. The average Bonchev–Trinajstić information content (AvgIpc) is 2.55. The van der Waals surface area contributed by atoms with Gasteiger partial charge < -0.3 is 9.31 Å². The maximum atomic E-state index is 6.38. The van der Waals surface area contributed by atoms with Crippen molar-refractivity contribution in [1.29, 1.82) is 0 Å². The van der Waals surface area contributed by atoms with Crippen LogP contribution in [0.15, 0.2) is 24.3 Å². The first-order chi connectivity index (χ1) is 9.27. The summed E-state index contributed by atoms with van der Waals surface area (Å²) in [4.78, 5) is 0. The molecular weight excluding hydrogens is 270 g/mol. The van der Waals surface area contributed by atoms with E-state index in [2.05, 4.69) is 19.1 Å². The molecule has 1 aromatic carbocycles. The summed E-state index contributed by atoms with van der Waals surface area (Å²) in [6, 6.07) is 5.98. The molecule has 1 aromatic rings. The highest BCUT2D eigenvalue weighted by Crippen LogP contribution is 2.37. The minimum atomic E-state index is -0.406. The molecule has 2 rings (SSSR count). The van der Waals surface area contributed by atoms with Gasteiger partial charge in [0.25, 0.3) is 0 Å². The smallest absolute Gasteiger partial charge is 0.399 e. The number of allylic oxidation sites excluding steroid dienone is 1. The summed E-state index contributed by atoms with van der Waals surface area (Å²) in [7, 11) is -0.406. The van der Waals surface area contributed by atoms with E-state index in [1.165, 1.54) is 0 Å². The van der Waals surface area contributed by atoms with Gasteiger partial charge in [-0.15, -0.1) is 0 Å². The van der Waals surface area contributed by atoms with E-state index in [0.29, 0.717) is 5.02 Å². The second kappa shape index (κ2) is 5.55. The van der Waals surface area contributed by atoms with Crippen molar-refractivity contribution in [3.8, 4) is 0 Å². The lowest BCUT2D eigenvalue weighted by molar-refractivity contribution is 0.00578. The van der Waals surface area contributed by atoms with Crippen molar-refractivity contribution in [3.63, 3.8) is 0 Å². The lowest BCUT2D eigenvalue weighted by atomic mass is 9.78. The van der Waals surface area contributed by atoms with E-state index in [1.807, 2.05) is 45.9 Å². The normalized spacial score (nSPS) is 20.8. The van der Waals surface area contributed by atoms with Gasteiger partial charge in [0.15, 0.2) is 0 Å². The van der Waals surface area contributed by atoms with Crippen molar-refractivity contribution >= 4 is 30.3 Å². The molecule has 1 aliphatic heterocycles. The third kappa shape index (κ3) is 2.95. The van der Waals surface area contributed by atoms with Gasteiger partial charge in [-0.25, -0.2) is 0 Å². The monoisotopic (exact) mass is 292 g/mol. The summed E-state index contributed by atoms with van der Waals surface area (Å²) in [6.07, 6.45) is 5.19. The van der Waals surface area contributed by atoms with E-state index in [1.54, 1.807) is 0 Å². The summed E-state index contributed by atoms with van der Waals surface area (Å²) in [5.74, 6) is 0. The van der Waals surface area contributed by atoms with E-state index in [0.717, 1.165) is 17.4 Å². The van der Waals surface area contributed by atoms with Crippen molar-refractivity contribution in [2.75, 3.05) is 0 Å². The Morgan fingerprint density at radius 1 is 1.15 bits per heavy atom. The molecule has 2 nitrogen and oxygen atoms in total. The molecule has 0 aromatic heterocycles. The van der Waals surface area contributed by atoms with Crippen LogP contribution < -0.4 is 5.46 Å². The Labute approximate surface area is 127 Å². The standard InChI is InChI=1S/C16H22BClO2/c1-6-7-8-12-9-10-13(14(18)11-12)17-19-15(2,3)16(4,5)20-17/h7-11H,6H2,1-5H3/b8-7+. The highest BCUT2D eigenvalue weighted by atomic mass is 35.5. The molecule has 20 heavy (non-hydrogen) atoms. The molecule has 0 aliphatic carbocycles. The van der Waals surface area contributed by atoms with Crippen LogP contribution in [0.1, 0.15) is 46.6 Å². The molecule has 1 aliphatic rings. The van der Waals surface area contributed by atoms with Crippen LogP contribution in [0.3, 0.4) is 0 Å². The van der Waals surface area contributed by atoms with Crippen LogP contribution in [0.2, 0.25) is 5.02 Å². The number of halogens is 1. The molecule has 0 amide bonds. The highest BCUT2D eigenvalue weighted by molar-refractivity contribution is 6.65. The van der Waals surface area contributed by atoms with E-state index in [9.17, 15) is 0 Å². The first kappa shape index (κ1) is 15.6. The Morgan fingerprint density at radius 2 is 1.75 bits per heavy atom. The molecule has 1 saturated heterocycles. The minimum absolute atomic E-state index is 0.345. The summed E-state index contributed by atoms with van der Waals surface area (Å²) in [5.41, 5.74) is 1.29. The second-order valence-electron chi connectivity index (χ2n) is 6.18. The molecule has 0 spiro atoms. The molecule has 0 atom stereocenters. The van der Waals surface area contributed by atoms with Gasteiger partial charge in [-0.1, -0.05) is 42.8 Å². The lowest BCUT2D eigenvalue weighted by Gasteiger charge is -2.32. The Hall–Kier alpha value is -0.765. The van der Waals surface area contributed by atoms with E-state index in [4.69, 9.17) is 20.9 Å². The quantitative estimate of drug-likeness (QED) is 0.782. The first-order valence-corrected chi connectivity index (χ1v) is 7.46. The maximum absolute atomic E-state index is 6.38. The molecular formula is C16H22BClO2. The fourth-order valence-corrected chi connectivity index (χ4v) is 2.34. The van der Waals surface area contributed by atoms with Gasteiger partial charge in [0.1, 0.15) is 0 Å². The topological polar surface area (TPSA) is 18.5 Å². The van der Waals surface area contributed by atoms with Crippen LogP contribution >= 0.6 is 11.6 Å². The largest absolute Gasteiger partial charge is 0.496 e. The third-order valence-electron chi connectivity index (χ3n) is 4.08. The number of hydrogen-bond acceptors (Lipinski definition) is 2. The maximum Gasteiger partial charge on any atom is 0.496 e. The van der Waals surface area contributed by atoms with E-state index >= 15 is 0 Å². The van der Waals surface area contributed by atoms with Crippen LogP contribution in [0.5, 0.6) is 0 Å². The summed E-state index contributed by atoms with van der Waals surface area (Å²) >= 11 is 6.38. The van der Waals surface area contributed by atoms with Crippen molar-refractivity contribution < 1.29 is 9.31 Å². The number of hydrogen-bond donors (Lipinski definition) is 0.